The molecular weight excluding hydrogens is 232 g/mol. The van der Waals surface area contributed by atoms with Gasteiger partial charge in [0.2, 0.25) is 5.91 Å². The second-order valence-corrected chi connectivity index (χ2v) is 4.89. The first kappa shape index (κ1) is 13.9. The number of para-hydroxylation sites is 1. The number of nitrogens with one attached hydrogen (secondary N) is 1. The molecule has 0 saturated heterocycles. The van der Waals surface area contributed by atoms with E-state index in [-0.39, 0.29) is 17.1 Å². The highest BCUT2D eigenvalue weighted by Crippen LogP contribution is 2.18. The van der Waals surface area contributed by atoms with Crippen LogP contribution >= 0.6 is 0 Å². The van der Waals surface area contributed by atoms with Gasteiger partial charge < -0.3 is 5.32 Å². The fourth-order valence-corrected chi connectivity index (χ4v) is 1.37. The Kier molecular flexibility index (Phi) is 4.20. The minimum atomic E-state index is -0.471. The van der Waals surface area contributed by atoms with E-state index >= 15 is 0 Å². The number of benzene rings is 1. The molecule has 0 heterocycles. The summed E-state index contributed by atoms with van der Waals surface area (Å²) in [5.74, 6) is -0.277. The van der Waals surface area contributed by atoms with Crippen LogP contribution in [0.3, 0.4) is 0 Å². The third-order valence-electron chi connectivity index (χ3n) is 2.05. The highest BCUT2D eigenvalue weighted by atomic mass is 16.6. The number of amides is 1. The first-order valence-corrected chi connectivity index (χ1v) is 5.53. The molecular formula is C13H16N2O3. The van der Waals surface area contributed by atoms with Gasteiger partial charge in [-0.2, -0.15) is 0 Å². The van der Waals surface area contributed by atoms with Crippen molar-refractivity contribution in [3.05, 3.63) is 46.0 Å². The van der Waals surface area contributed by atoms with Crippen LogP contribution in [-0.2, 0) is 4.79 Å². The quantitative estimate of drug-likeness (QED) is 0.507. The van der Waals surface area contributed by atoms with Crippen molar-refractivity contribution >= 4 is 17.7 Å². The summed E-state index contributed by atoms with van der Waals surface area (Å²) in [7, 11) is 0. The number of nitro groups is 1. The zero-order valence-corrected chi connectivity index (χ0v) is 10.6. The van der Waals surface area contributed by atoms with Gasteiger partial charge in [0.1, 0.15) is 0 Å². The molecule has 0 aromatic heterocycles. The first-order chi connectivity index (χ1) is 8.29. The van der Waals surface area contributed by atoms with Crippen molar-refractivity contribution in [2.24, 2.45) is 0 Å². The van der Waals surface area contributed by atoms with Crippen LogP contribution in [0, 0.1) is 10.1 Å². The van der Waals surface area contributed by atoms with E-state index < -0.39 is 4.92 Å². The summed E-state index contributed by atoms with van der Waals surface area (Å²) in [4.78, 5) is 21.8. The molecule has 96 valence electrons. The van der Waals surface area contributed by atoms with Gasteiger partial charge >= 0.3 is 0 Å². The van der Waals surface area contributed by atoms with Crippen LogP contribution in [-0.4, -0.2) is 16.4 Å². The fraction of sp³-hybridized carbons (Fsp3) is 0.308. The summed E-state index contributed by atoms with van der Waals surface area (Å²) in [5, 5.41) is 13.5. The maximum absolute atomic E-state index is 11.5. The smallest absolute Gasteiger partial charge is 0.276 e. The Bertz CT molecular complexity index is 487. The third kappa shape index (κ3) is 4.37. The number of carbonyl (C=O) groups excluding carboxylic acids is 1. The van der Waals surface area contributed by atoms with Crippen LogP contribution in [0.5, 0.6) is 0 Å². The van der Waals surface area contributed by atoms with Crippen LogP contribution in [0.4, 0.5) is 5.69 Å². The summed E-state index contributed by atoms with van der Waals surface area (Å²) in [6.07, 6.45) is 2.74. The van der Waals surface area contributed by atoms with E-state index in [1.165, 1.54) is 18.2 Å². The summed E-state index contributed by atoms with van der Waals surface area (Å²) >= 11 is 0. The molecule has 0 aliphatic rings. The number of nitrogens with zero attached hydrogens (tertiary/aromatic N) is 1. The summed E-state index contributed by atoms with van der Waals surface area (Å²) in [6, 6.07) is 6.28. The van der Waals surface area contributed by atoms with Crippen molar-refractivity contribution < 1.29 is 9.72 Å². The van der Waals surface area contributed by atoms with Crippen LogP contribution in [0.25, 0.3) is 6.08 Å². The predicted molar refractivity (Wildman–Crippen MR) is 70.0 cm³/mol. The SMILES string of the molecule is CC(C)(C)NC(=O)/C=C\c1ccccc1[N+](=O)[O-]. The standard InChI is InChI=1S/C13H16N2O3/c1-13(2,3)14-12(16)9-8-10-6-4-5-7-11(10)15(17)18/h4-9H,1-3H3,(H,14,16)/b9-8-. The Morgan fingerprint density at radius 3 is 2.50 bits per heavy atom. The van der Waals surface area contributed by atoms with Gasteiger partial charge in [-0.3, -0.25) is 14.9 Å². The molecule has 1 rings (SSSR count). The van der Waals surface area contributed by atoms with Gasteiger partial charge in [-0.1, -0.05) is 12.1 Å². The maximum atomic E-state index is 11.5. The minimum Gasteiger partial charge on any atom is -0.348 e. The van der Waals surface area contributed by atoms with Gasteiger partial charge in [-0.25, -0.2) is 0 Å². The number of rotatable bonds is 3. The average Bonchev–Trinajstić information content (AvgIpc) is 2.24. The lowest BCUT2D eigenvalue weighted by atomic mass is 10.1. The Labute approximate surface area is 106 Å². The Morgan fingerprint density at radius 2 is 1.94 bits per heavy atom. The Hall–Kier alpha value is -2.17. The third-order valence-corrected chi connectivity index (χ3v) is 2.05. The van der Waals surface area contributed by atoms with E-state index in [2.05, 4.69) is 5.32 Å². The lowest BCUT2D eigenvalue weighted by Gasteiger charge is -2.18. The van der Waals surface area contributed by atoms with Crippen LogP contribution in [0.1, 0.15) is 26.3 Å². The van der Waals surface area contributed by atoms with Gasteiger partial charge in [-0.15, -0.1) is 0 Å². The number of hydrogen-bond acceptors (Lipinski definition) is 3. The van der Waals surface area contributed by atoms with Crippen molar-refractivity contribution in [2.45, 2.75) is 26.3 Å². The van der Waals surface area contributed by atoms with Crippen LogP contribution in [0.15, 0.2) is 30.3 Å². The van der Waals surface area contributed by atoms with E-state index in [4.69, 9.17) is 0 Å². The molecule has 1 aromatic rings. The molecule has 5 heteroatoms. The molecule has 0 fully saturated rings. The van der Waals surface area contributed by atoms with E-state index in [0.717, 1.165) is 0 Å². The molecule has 0 saturated carbocycles. The minimum absolute atomic E-state index is 0.0164. The van der Waals surface area contributed by atoms with E-state index in [0.29, 0.717) is 5.56 Å². The number of nitro benzene ring substituents is 1. The Morgan fingerprint density at radius 1 is 1.33 bits per heavy atom. The van der Waals surface area contributed by atoms with E-state index in [1.807, 2.05) is 20.8 Å². The molecule has 0 spiro atoms. The molecule has 0 unspecified atom stereocenters. The molecule has 18 heavy (non-hydrogen) atoms. The van der Waals surface area contributed by atoms with E-state index in [1.54, 1.807) is 18.2 Å². The topological polar surface area (TPSA) is 72.2 Å². The Balaban J connectivity index is 2.85. The van der Waals surface area contributed by atoms with Crippen molar-refractivity contribution in [3.63, 3.8) is 0 Å². The predicted octanol–water partition coefficient (Wildman–Crippen LogP) is 2.52. The monoisotopic (exact) mass is 248 g/mol. The fourth-order valence-electron chi connectivity index (χ4n) is 1.37. The molecule has 1 aromatic carbocycles. The zero-order valence-electron chi connectivity index (χ0n) is 10.6. The van der Waals surface area contributed by atoms with E-state index in [9.17, 15) is 14.9 Å². The van der Waals surface area contributed by atoms with Gasteiger partial charge in [0.25, 0.3) is 5.69 Å². The molecule has 1 N–H and O–H groups in total. The van der Waals surface area contributed by atoms with Gasteiger partial charge in [0.05, 0.1) is 10.5 Å². The molecule has 0 aliphatic heterocycles. The second kappa shape index (κ2) is 5.44. The molecule has 0 atom stereocenters. The number of carbonyl (C=O) groups is 1. The number of hydrogen-bond donors (Lipinski definition) is 1. The lowest BCUT2D eigenvalue weighted by molar-refractivity contribution is -0.385. The molecule has 1 amide bonds. The van der Waals surface area contributed by atoms with Gasteiger partial charge in [-0.05, 0) is 32.9 Å². The van der Waals surface area contributed by atoms with Crippen molar-refractivity contribution in [1.82, 2.24) is 5.32 Å². The van der Waals surface area contributed by atoms with Crippen LogP contribution < -0.4 is 5.32 Å². The molecule has 0 radical (unpaired) electrons. The maximum Gasteiger partial charge on any atom is 0.276 e. The average molecular weight is 248 g/mol. The second-order valence-electron chi connectivity index (χ2n) is 4.89. The largest absolute Gasteiger partial charge is 0.348 e. The van der Waals surface area contributed by atoms with Gasteiger partial charge in [0, 0.05) is 17.7 Å². The summed E-state index contributed by atoms with van der Waals surface area (Å²) < 4.78 is 0. The lowest BCUT2D eigenvalue weighted by Crippen LogP contribution is -2.39. The summed E-state index contributed by atoms with van der Waals surface area (Å²) in [6.45, 7) is 5.59. The molecule has 0 aliphatic carbocycles. The first-order valence-electron chi connectivity index (χ1n) is 5.53. The zero-order chi connectivity index (χ0) is 13.8. The highest BCUT2D eigenvalue weighted by molar-refractivity contribution is 5.92. The van der Waals surface area contributed by atoms with Crippen molar-refractivity contribution in [3.8, 4) is 0 Å². The van der Waals surface area contributed by atoms with Crippen molar-refractivity contribution in [2.75, 3.05) is 0 Å². The molecule has 5 nitrogen and oxygen atoms in total. The molecule has 0 bridgehead atoms. The van der Waals surface area contributed by atoms with Crippen molar-refractivity contribution in [1.29, 1.82) is 0 Å². The summed E-state index contributed by atoms with van der Waals surface area (Å²) in [5.41, 5.74) is 0.0631. The van der Waals surface area contributed by atoms with Gasteiger partial charge in [0.15, 0.2) is 0 Å². The van der Waals surface area contributed by atoms with Crippen LogP contribution in [0.2, 0.25) is 0 Å². The highest BCUT2D eigenvalue weighted by Gasteiger charge is 2.13. The normalized spacial score (nSPS) is 11.5.